The van der Waals surface area contributed by atoms with E-state index >= 15 is 0 Å². The van der Waals surface area contributed by atoms with Gasteiger partial charge in [-0.05, 0) is 36.2 Å². The van der Waals surface area contributed by atoms with Crippen molar-refractivity contribution in [3.05, 3.63) is 59.2 Å². The number of carbonyl (C=O) groups is 3. The molecule has 0 unspecified atom stereocenters. The predicted molar refractivity (Wildman–Crippen MR) is 110 cm³/mol. The van der Waals surface area contributed by atoms with E-state index in [0.29, 0.717) is 36.8 Å². The number of nitrogens with one attached hydrogen (secondary N) is 1. The molecule has 0 fully saturated rings. The Hall–Kier alpha value is -3.35. The molecule has 1 amide bonds. The van der Waals surface area contributed by atoms with Crippen LogP contribution in [0.4, 0.5) is 0 Å². The molecule has 2 aromatic carbocycles. The summed E-state index contributed by atoms with van der Waals surface area (Å²) < 4.78 is 16.1. The number of ether oxygens (including phenoxy) is 3. The fourth-order valence-electron chi connectivity index (χ4n) is 2.97. The summed E-state index contributed by atoms with van der Waals surface area (Å²) in [6.45, 7) is 3.06. The standard InChI is InChI=1S/C23H25NO6/c1-16-5-2-3-6-18(16)14-24-22(26)15-30-23(27)10-8-19(25)17-7-9-20-21(13-17)29-12-4-11-28-20/h2-3,5-7,9,13H,4,8,10-12,14-15H2,1H3,(H,24,26). The second-order valence-electron chi connectivity index (χ2n) is 7.00. The van der Waals surface area contributed by atoms with E-state index < -0.39 is 5.97 Å². The Morgan fingerprint density at radius 3 is 2.57 bits per heavy atom. The highest BCUT2D eigenvalue weighted by Gasteiger charge is 2.16. The van der Waals surface area contributed by atoms with Crippen molar-refractivity contribution in [1.29, 1.82) is 0 Å². The molecule has 1 heterocycles. The molecule has 0 saturated carbocycles. The van der Waals surface area contributed by atoms with E-state index in [2.05, 4.69) is 5.32 Å². The zero-order valence-corrected chi connectivity index (χ0v) is 16.9. The number of esters is 1. The highest BCUT2D eigenvalue weighted by molar-refractivity contribution is 5.98. The SMILES string of the molecule is Cc1ccccc1CNC(=O)COC(=O)CCC(=O)c1ccc2c(c1)OCCCO2. The largest absolute Gasteiger partial charge is 0.490 e. The van der Waals surface area contributed by atoms with Crippen molar-refractivity contribution in [3.63, 3.8) is 0 Å². The van der Waals surface area contributed by atoms with Gasteiger partial charge in [0.1, 0.15) is 0 Å². The van der Waals surface area contributed by atoms with Gasteiger partial charge < -0.3 is 19.5 Å². The van der Waals surface area contributed by atoms with Crippen LogP contribution in [0.25, 0.3) is 0 Å². The average Bonchev–Trinajstić information content (AvgIpc) is 3.00. The van der Waals surface area contributed by atoms with Crippen molar-refractivity contribution < 1.29 is 28.6 Å². The number of aryl methyl sites for hydroxylation is 1. The fourth-order valence-corrected chi connectivity index (χ4v) is 2.97. The number of fused-ring (bicyclic) bond motifs is 1. The second kappa shape index (κ2) is 10.4. The molecule has 0 atom stereocenters. The minimum absolute atomic E-state index is 0.0106. The Bertz CT molecular complexity index is 924. The van der Waals surface area contributed by atoms with Crippen molar-refractivity contribution in [1.82, 2.24) is 5.32 Å². The van der Waals surface area contributed by atoms with Crippen molar-refractivity contribution in [2.24, 2.45) is 0 Å². The van der Waals surface area contributed by atoms with Gasteiger partial charge >= 0.3 is 5.97 Å². The van der Waals surface area contributed by atoms with E-state index in [9.17, 15) is 14.4 Å². The summed E-state index contributed by atoms with van der Waals surface area (Å²) in [7, 11) is 0. The monoisotopic (exact) mass is 411 g/mol. The molecule has 2 aromatic rings. The Balaban J connectivity index is 1.40. The molecule has 0 aliphatic carbocycles. The van der Waals surface area contributed by atoms with Gasteiger partial charge in [-0.2, -0.15) is 0 Å². The first-order valence-electron chi connectivity index (χ1n) is 9.92. The van der Waals surface area contributed by atoms with Crippen LogP contribution in [0.2, 0.25) is 0 Å². The van der Waals surface area contributed by atoms with Gasteiger partial charge in [-0.1, -0.05) is 24.3 Å². The molecule has 7 nitrogen and oxygen atoms in total. The first kappa shape index (κ1) is 21.4. The van der Waals surface area contributed by atoms with Crippen LogP contribution in [0, 0.1) is 6.92 Å². The van der Waals surface area contributed by atoms with Crippen LogP contribution >= 0.6 is 0 Å². The van der Waals surface area contributed by atoms with Crippen molar-refractivity contribution in [2.45, 2.75) is 32.7 Å². The number of amides is 1. The molecular formula is C23H25NO6. The third-order valence-electron chi connectivity index (χ3n) is 4.73. The van der Waals surface area contributed by atoms with Crippen molar-refractivity contribution in [2.75, 3.05) is 19.8 Å². The average molecular weight is 411 g/mol. The van der Waals surface area contributed by atoms with Crippen LogP contribution in [-0.4, -0.2) is 37.5 Å². The van der Waals surface area contributed by atoms with Gasteiger partial charge in [0, 0.05) is 24.9 Å². The molecule has 1 N–H and O–H groups in total. The normalized spacial score (nSPS) is 12.6. The lowest BCUT2D eigenvalue weighted by Gasteiger charge is -2.09. The maximum Gasteiger partial charge on any atom is 0.306 e. The molecule has 0 saturated heterocycles. The molecule has 1 aliphatic rings. The van der Waals surface area contributed by atoms with E-state index in [4.69, 9.17) is 14.2 Å². The van der Waals surface area contributed by atoms with Gasteiger partial charge in [0.05, 0.1) is 19.6 Å². The minimum atomic E-state index is -0.594. The Labute approximate surface area is 175 Å². The van der Waals surface area contributed by atoms with Gasteiger partial charge in [-0.25, -0.2) is 0 Å². The van der Waals surface area contributed by atoms with Crippen LogP contribution in [0.15, 0.2) is 42.5 Å². The number of hydrogen-bond donors (Lipinski definition) is 1. The van der Waals surface area contributed by atoms with E-state index in [0.717, 1.165) is 17.5 Å². The molecule has 0 radical (unpaired) electrons. The third kappa shape index (κ3) is 6.07. The van der Waals surface area contributed by atoms with Gasteiger partial charge in [0.25, 0.3) is 5.91 Å². The van der Waals surface area contributed by atoms with Gasteiger partial charge in [0.15, 0.2) is 23.9 Å². The molecule has 0 aromatic heterocycles. The summed E-state index contributed by atoms with van der Waals surface area (Å²) in [6, 6.07) is 12.7. The number of ketones is 1. The molecule has 0 bridgehead atoms. The van der Waals surface area contributed by atoms with Crippen molar-refractivity contribution >= 4 is 17.7 Å². The highest BCUT2D eigenvalue weighted by Crippen LogP contribution is 2.30. The van der Waals surface area contributed by atoms with E-state index in [-0.39, 0.29) is 31.1 Å². The van der Waals surface area contributed by atoms with E-state index in [1.807, 2.05) is 31.2 Å². The number of carbonyl (C=O) groups excluding carboxylic acids is 3. The van der Waals surface area contributed by atoms with Crippen LogP contribution < -0.4 is 14.8 Å². The summed E-state index contributed by atoms with van der Waals surface area (Å²) in [6.07, 6.45) is 0.671. The Morgan fingerprint density at radius 1 is 1.00 bits per heavy atom. The summed E-state index contributed by atoms with van der Waals surface area (Å²) in [5.74, 6) is -0.0393. The fraction of sp³-hybridized carbons (Fsp3) is 0.348. The van der Waals surface area contributed by atoms with E-state index in [1.165, 1.54) is 0 Å². The van der Waals surface area contributed by atoms with E-state index in [1.54, 1.807) is 18.2 Å². The van der Waals surface area contributed by atoms with Gasteiger partial charge in [-0.3, -0.25) is 14.4 Å². The Kier molecular flexibility index (Phi) is 7.43. The smallest absolute Gasteiger partial charge is 0.306 e. The second-order valence-corrected chi connectivity index (χ2v) is 7.00. The predicted octanol–water partition coefficient (Wildman–Crippen LogP) is 2.98. The number of benzene rings is 2. The number of rotatable bonds is 8. The number of Topliss-reactive ketones (excluding diaryl/α,β-unsaturated/α-hetero) is 1. The van der Waals surface area contributed by atoms with Crippen LogP contribution in [0.1, 0.15) is 40.7 Å². The van der Waals surface area contributed by atoms with Crippen molar-refractivity contribution in [3.8, 4) is 11.5 Å². The molecule has 158 valence electrons. The molecule has 30 heavy (non-hydrogen) atoms. The molecule has 1 aliphatic heterocycles. The van der Waals surface area contributed by atoms with Crippen LogP contribution in [-0.2, 0) is 20.9 Å². The van der Waals surface area contributed by atoms with Gasteiger partial charge in [0.2, 0.25) is 0 Å². The maximum atomic E-state index is 12.4. The maximum absolute atomic E-state index is 12.4. The molecular weight excluding hydrogens is 386 g/mol. The lowest BCUT2D eigenvalue weighted by Crippen LogP contribution is -2.28. The van der Waals surface area contributed by atoms with Crippen LogP contribution in [0.3, 0.4) is 0 Å². The summed E-state index contributed by atoms with van der Waals surface area (Å²) >= 11 is 0. The molecule has 7 heteroatoms. The summed E-state index contributed by atoms with van der Waals surface area (Å²) in [5.41, 5.74) is 2.52. The zero-order chi connectivity index (χ0) is 21.3. The number of hydrogen-bond acceptors (Lipinski definition) is 6. The first-order chi connectivity index (χ1) is 14.5. The lowest BCUT2D eigenvalue weighted by molar-refractivity contribution is -0.148. The lowest BCUT2D eigenvalue weighted by atomic mass is 10.1. The molecule has 0 spiro atoms. The topological polar surface area (TPSA) is 90.9 Å². The minimum Gasteiger partial charge on any atom is -0.490 e. The summed E-state index contributed by atoms with van der Waals surface area (Å²) in [5, 5.41) is 2.71. The zero-order valence-electron chi connectivity index (χ0n) is 16.9. The summed E-state index contributed by atoms with van der Waals surface area (Å²) in [4.78, 5) is 36.1. The Morgan fingerprint density at radius 2 is 1.77 bits per heavy atom. The highest BCUT2D eigenvalue weighted by atomic mass is 16.5. The first-order valence-corrected chi connectivity index (χ1v) is 9.92. The molecule has 3 rings (SSSR count). The van der Waals surface area contributed by atoms with Crippen LogP contribution in [0.5, 0.6) is 11.5 Å². The quantitative estimate of drug-likeness (QED) is 0.531. The van der Waals surface area contributed by atoms with Gasteiger partial charge in [-0.15, -0.1) is 0 Å². The third-order valence-corrected chi connectivity index (χ3v) is 4.73.